The van der Waals surface area contributed by atoms with Crippen LogP contribution in [0.15, 0.2) is 0 Å². The molecule has 0 bridgehead atoms. The predicted octanol–water partition coefficient (Wildman–Crippen LogP) is 3.36. The zero-order valence-electron chi connectivity index (χ0n) is 11.5. The average Bonchev–Trinajstić information content (AvgIpc) is 2.75. The van der Waals surface area contributed by atoms with Crippen LogP contribution >= 0.6 is 0 Å². The third kappa shape index (κ3) is 4.42. The molecule has 0 aromatic carbocycles. The van der Waals surface area contributed by atoms with Crippen molar-refractivity contribution in [3.63, 3.8) is 0 Å². The van der Waals surface area contributed by atoms with Crippen molar-refractivity contribution < 1.29 is 4.74 Å². The van der Waals surface area contributed by atoms with Crippen molar-refractivity contribution in [2.75, 3.05) is 7.11 Å². The number of hydrogen-bond donors (Lipinski definition) is 1. The van der Waals surface area contributed by atoms with Crippen LogP contribution in [-0.2, 0) is 4.74 Å². The molecule has 1 aliphatic carbocycles. The van der Waals surface area contributed by atoms with Gasteiger partial charge in [0, 0.05) is 19.2 Å². The third-order valence-electron chi connectivity index (χ3n) is 4.07. The molecular formula is C14H29NO. The van der Waals surface area contributed by atoms with Gasteiger partial charge in [-0.2, -0.15) is 0 Å². The molecule has 0 saturated heterocycles. The molecule has 0 radical (unpaired) electrons. The topological polar surface area (TPSA) is 21.3 Å². The van der Waals surface area contributed by atoms with Gasteiger partial charge in [0.1, 0.15) is 0 Å². The van der Waals surface area contributed by atoms with E-state index >= 15 is 0 Å². The molecule has 0 aromatic rings. The molecule has 16 heavy (non-hydrogen) atoms. The summed E-state index contributed by atoms with van der Waals surface area (Å²) in [6.07, 6.45) is 8.08. The summed E-state index contributed by atoms with van der Waals surface area (Å²) in [5, 5.41) is 3.82. The van der Waals surface area contributed by atoms with Gasteiger partial charge in [-0.3, -0.25) is 0 Å². The first-order chi connectivity index (χ1) is 7.69. The van der Waals surface area contributed by atoms with Crippen molar-refractivity contribution in [3.05, 3.63) is 0 Å². The van der Waals surface area contributed by atoms with E-state index in [0.717, 1.165) is 5.92 Å². The second-order valence-electron chi connectivity index (χ2n) is 5.39. The van der Waals surface area contributed by atoms with Gasteiger partial charge >= 0.3 is 0 Å². The molecule has 96 valence electrons. The minimum absolute atomic E-state index is 0.499. The van der Waals surface area contributed by atoms with E-state index in [9.17, 15) is 0 Å². The van der Waals surface area contributed by atoms with E-state index in [-0.39, 0.29) is 0 Å². The standard InChI is InChI=1S/C14H29NO/c1-5-11(3)9-12(6-2)15-13-7-8-14(10-13)16-4/h11-15H,5-10H2,1-4H3. The molecule has 0 heterocycles. The minimum Gasteiger partial charge on any atom is -0.381 e. The summed E-state index contributed by atoms with van der Waals surface area (Å²) in [5.41, 5.74) is 0. The van der Waals surface area contributed by atoms with Crippen molar-refractivity contribution in [2.45, 2.75) is 77.5 Å². The maximum atomic E-state index is 5.42. The molecular weight excluding hydrogens is 198 g/mol. The summed E-state index contributed by atoms with van der Waals surface area (Å²) in [7, 11) is 1.84. The van der Waals surface area contributed by atoms with Crippen molar-refractivity contribution in [3.8, 4) is 0 Å². The van der Waals surface area contributed by atoms with Crippen LogP contribution in [0.5, 0.6) is 0 Å². The number of methoxy groups -OCH3 is 1. The lowest BCUT2D eigenvalue weighted by Gasteiger charge is -2.24. The molecule has 1 saturated carbocycles. The zero-order chi connectivity index (χ0) is 12.0. The number of rotatable bonds is 7. The quantitative estimate of drug-likeness (QED) is 0.720. The Morgan fingerprint density at radius 3 is 2.50 bits per heavy atom. The second-order valence-corrected chi connectivity index (χ2v) is 5.39. The summed E-state index contributed by atoms with van der Waals surface area (Å²) in [6.45, 7) is 6.94. The molecule has 2 heteroatoms. The number of nitrogens with one attached hydrogen (secondary N) is 1. The molecule has 0 spiro atoms. The van der Waals surface area contributed by atoms with Crippen LogP contribution in [0.2, 0.25) is 0 Å². The third-order valence-corrected chi connectivity index (χ3v) is 4.07. The fourth-order valence-electron chi connectivity index (χ4n) is 2.64. The zero-order valence-corrected chi connectivity index (χ0v) is 11.5. The van der Waals surface area contributed by atoms with Gasteiger partial charge in [-0.05, 0) is 38.0 Å². The van der Waals surface area contributed by atoms with Crippen molar-refractivity contribution >= 4 is 0 Å². The Balaban J connectivity index is 2.28. The SMILES string of the molecule is CCC(C)CC(CC)NC1CCC(OC)C1. The monoisotopic (exact) mass is 227 g/mol. The van der Waals surface area contributed by atoms with E-state index in [1.54, 1.807) is 0 Å². The van der Waals surface area contributed by atoms with Crippen LogP contribution in [0.1, 0.15) is 59.3 Å². The van der Waals surface area contributed by atoms with Gasteiger partial charge in [0.25, 0.3) is 0 Å². The maximum Gasteiger partial charge on any atom is 0.0586 e. The van der Waals surface area contributed by atoms with Crippen LogP contribution in [0.4, 0.5) is 0 Å². The van der Waals surface area contributed by atoms with Crippen molar-refractivity contribution in [1.29, 1.82) is 0 Å². The largest absolute Gasteiger partial charge is 0.381 e. The molecule has 1 aliphatic rings. The second kappa shape index (κ2) is 7.29. The first kappa shape index (κ1) is 14.0. The smallest absolute Gasteiger partial charge is 0.0586 e. The normalized spacial score (nSPS) is 29.2. The molecule has 4 atom stereocenters. The number of hydrogen-bond acceptors (Lipinski definition) is 2. The van der Waals surface area contributed by atoms with Crippen LogP contribution in [0.25, 0.3) is 0 Å². The first-order valence-corrected chi connectivity index (χ1v) is 6.98. The summed E-state index contributed by atoms with van der Waals surface area (Å²) in [5.74, 6) is 0.845. The molecule has 0 aliphatic heterocycles. The Kier molecular flexibility index (Phi) is 6.37. The molecule has 1 N–H and O–H groups in total. The molecule has 1 fully saturated rings. The molecule has 1 rings (SSSR count). The van der Waals surface area contributed by atoms with Crippen LogP contribution < -0.4 is 5.32 Å². The molecule has 2 nitrogen and oxygen atoms in total. The van der Waals surface area contributed by atoms with Crippen molar-refractivity contribution in [2.24, 2.45) is 5.92 Å². The van der Waals surface area contributed by atoms with E-state index in [2.05, 4.69) is 26.1 Å². The number of ether oxygens (including phenoxy) is 1. The maximum absolute atomic E-state index is 5.42. The highest BCUT2D eigenvalue weighted by atomic mass is 16.5. The highest BCUT2D eigenvalue weighted by Crippen LogP contribution is 2.23. The fourth-order valence-corrected chi connectivity index (χ4v) is 2.64. The Labute approximate surface area is 101 Å². The minimum atomic E-state index is 0.499. The summed E-state index contributed by atoms with van der Waals surface area (Å²) in [6, 6.07) is 1.40. The molecule has 0 aromatic heterocycles. The molecule has 0 amide bonds. The summed E-state index contributed by atoms with van der Waals surface area (Å²) < 4.78 is 5.42. The highest BCUT2D eigenvalue weighted by molar-refractivity contribution is 4.84. The van der Waals surface area contributed by atoms with Gasteiger partial charge in [-0.15, -0.1) is 0 Å². The van der Waals surface area contributed by atoms with E-state index in [1.165, 1.54) is 38.5 Å². The van der Waals surface area contributed by atoms with E-state index < -0.39 is 0 Å². The van der Waals surface area contributed by atoms with Crippen LogP contribution in [0, 0.1) is 5.92 Å². The molecule has 4 unspecified atom stereocenters. The van der Waals surface area contributed by atoms with Gasteiger partial charge in [-0.1, -0.05) is 27.2 Å². The predicted molar refractivity (Wildman–Crippen MR) is 69.7 cm³/mol. The van der Waals surface area contributed by atoms with Gasteiger partial charge in [-0.25, -0.2) is 0 Å². The van der Waals surface area contributed by atoms with Gasteiger partial charge in [0.2, 0.25) is 0 Å². The first-order valence-electron chi connectivity index (χ1n) is 6.98. The average molecular weight is 227 g/mol. The van der Waals surface area contributed by atoms with Gasteiger partial charge in [0.05, 0.1) is 6.10 Å². The Bertz CT molecular complexity index is 184. The Morgan fingerprint density at radius 2 is 2.00 bits per heavy atom. The van der Waals surface area contributed by atoms with Crippen molar-refractivity contribution in [1.82, 2.24) is 5.32 Å². The Hall–Kier alpha value is -0.0800. The Morgan fingerprint density at radius 1 is 1.25 bits per heavy atom. The summed E-state index contributed by atoms with van der Waals surface area (Å²) in [4.78, 5) is 0. The summed E-state index contributed by atoms with van der Waals surface area (Å²) >= 11 is 0. The van der Waals surface area contributed by atoms with Gasteiger partial charge in [0.15, 0.2) is 0 Å². The lowest BCUT2D eigenvalue weighted by Crippen LogP contribution is -2.37. The van der Waals surface area contributed by atoms with Gasteiger partial charge < -0.3 is 10.1 Å². The van der Waals surface area contributed by atoms with E-state index in [1.807, 2.05) is 7.11 Å². The van der Waals surface area contributed by atoms with Crippen LogP contribution in [0.3, 0.4) is 0 Å². The highest BCUT2D eigenvalue weighted by Gasteiger charge is 2.26. The van der Waals surface area contributed by atoms with E-state index in [0.29, 0.717) is 18.2 Å². The lowest BCUT2D eigenvalue weighted by molar-refractivity contribution is 0.106. The van der Waals surface area contributed by atoms with E-state index in [4.69, 9.17) is 4.74 Å². The van der Waals surface area contributed by atoms with Crippen LogP contribution in [-0.4, -0.2) is 25.3 Å². The lowest BCUT2D eigenvalue weighted by atomic mass is 9.97. The fraction of sp³-hybridized carbons (Fsp3) is 1.00.